The van der Waals surface area contributed by atoms with E-state index in [0.29, 0.717) is 6.04 Å². The molecule has 0 spiro atoms. The van der Waals surface area contributed by atoms with Gasteiger partial charge in [0.05, 0.1) is 6.10 Å². The quantitative estimate of drug-likeness (QED) is 0.669. The van der Waals surface area contributed by atoms with Crippen LogP contribution in [0.25, 0.3) is 0 Å². The summed E-state index contributed by atoms with van der Waals surface area (Å²) >= 11 is 0. The van der Waals surface area contributed by atoms with E-state index >= 15 is 0 Å². The van der Waals surface area contributed by atoms with Gasteiger partial charge in [0.25, 0.3) is 0 Å². The molecule has 1 saturated carbocycles. The lowest BCUT2D eigenvalue weighted by atomic mass is 10.1. The summed E-state index contributed by atoms with van der Waals surface area (Å²) in [5.74, 6) is 0. The van der Waals surface area contributed by atoms with E-state index < -0.39 is 0 Å². The average molecular weight is 184 g/mol. The number of hydrogen-bond donors (Lipinski definition) is 2. The molecule has 0 radical (unpaired) electrons. The lowest BCUT2D eigenvalue weighted by molar-refractivity contribution is 0.0702. The fourth-order valence-corrected chi connectivity index (χ4v) is 2.35. The zero-order chi connectivity index (χ0) is 9.10. The summed E-state index contributed by atoms with van der Waals surface area (Å²) in [6.45, 7) is 2.31. The van der Waals surface area contributed by atoms with Crippen molar-refractivity contribution in [2.75, 3.05) is 13.1 Å². The molecule has 1 aliphatic heterocycles. The van der Waals surface area contributed by atoms with E-state index in [-0.39, 0.29) is 6.10 Å². The zero-order valence-electron chi connectivity index (χ0n) is 8.21. The van der Waals surface area contributed by atoms with Crippen LogP contribution in [0.4, 0.5) is 0 Å². The van der Waals surface area contributed by atoms with E-state index in [1.807, 2.05) is 0 Å². The van der Waals surface area contributed by atoms with Gasteiger partial charge in [0, 0.05) is 19.1 Å². The second-order valence-corrected chi connectivity index (χ2v) is 4.28. The Kier molecular flexibility index (Phi) is 3.19. The van der Waals surface area contributed by atoms with Crippen molar-refractivity contribution in [1.29, 1.82) is 0 Å². The highest BCUT2D eigenvalue weighted by Crippen LogP contribution is 2.19. The molecule has 2 rings (SSSR count). The molecular formula is C10H20N2O. The first-order valence-corrected chi connectivity index (χ1v) is 5.55. The highest BCUT2D eigenvalue weighted by atomic mass is 16.3. The topological polar surface area (TPSA) is 35.5 Å². The number of rotatable bonds is 2. The number of piperidine rings is 1. The summed E-state index contributed by atoms with van der Waals surface area (Å²) in [5, 5.41) is 11.9. The molecule has 0 aromatic rings. The van der Waals surface area contributed by atoms with E-state index in [1.165, 1.54) is 25.7 Å². The zero-order valence-corrected chi connectivity index (χ0v) is 8.21. The van der Waals surface area contributed by atoms with Crippen LogP contribution in [0.1, 0.15) is 38.5 Å². The Morgan fingerprint density at radius 1 is 1.00 bits per heavy atom. The molecule has 0 bridgehead atoms. The monoisotopic (exact) mass is 184 g/mol. The highest BCUT2D eigenvalue weighted by Gasteiger charge is 2.26. The predicted molar refractivity (Wildman–Crippen MR) is 52.2 cm³/mol. The Morgan fingerprint density at radius 3 is 2.38 bits per heavy atom. The maximum atomic E-state index is 9.63. The standard InChI is InChI=1S/C10H20N2O/c13-10-6-4-5-9(10)11-12-7-2-1-3-8-12/h9-11,13H,1-8H2/t9-,10-/m0/s1. The third-order valence-corrected chi connectivity index (χ3v) is 3.18. The summed E-state index contributed by atoms with van der Waals surface area (Å²) in [7, 11) is 0. The molecule has 0 aromatic heterocycles. The van der Waals surface area contributed by atoms with Crippen molar-refractivity contribution in [3.8, 4) is 0 Å². The molecule has 1 saturated heterocycles. The first-order chi connectivity index (χ1) is 6.36. The van der Waals surface area contributed by atoms with Crippen LogP contribution in [0.2, 0.25) is 0 Å². The number of hydrogen-bond acceptors (Lipinski definition) is 3. The van der Waals surface area contributed by atoms with Gasteiger partial charge < -0.3 is 5.11 Å². The largest absolute Gasteiger partial charge is 0.391 e. The minimum absolute atomic E-state index is 0.109. The molecule has 3 nitrogen and oxygen atoms in total. The van der Waals surface area contributed by atoms with Crippen molar-refractivity contribution < 1.29 is 5.11 Å². The van der Waals surface area contributed by atoms with Gasteiger partial charge in [-0.1, -0.05) is 6.42 Å². The van der Waals surface area contributed by atoms with Crippen molar-refractivity contribution in [3.63, 3.8) is 0 Å². The lowest BCUT2D eigenvalue weighted by Crippen LogP contribution is -2.49. The maximum absolute atomic E-state index is 9.63. The minimum atomic E-state index is -0.109. The number of aliphatic hydroxyl groups excluding tert-OH is 1. The predicted octanol–water partition coefficient (Wildman–Crippen LogP) is 0.890. The summed E-state index contributed by atoms with van der Waals surface area (Å²) in [6.07, 6.45) is 7.15. The van der Waals surface area contributed by atoms with Crippen LogP contribution in [0, 0.1) is 0 Å². The second kappa shape index (κ2) is 4.40. The SMILES string of the molecule is O[C@H]1CCC[C@@H]1NN1CCCCC1. The Balaban J connectivity index is 1.75. The van der Waals surface area contributed by atoms with Crippen LogP contribution < -0.4 is 5.43 Å². The first-order valence-electron chi connectivity index (χ1n) is 5.55. The molecule has 2 fully saturated rings. The van der Waals surface area contributed by atoms with Gasteiger partial charge in [0.2, 0.25) is 0 Å². The van der Waals surface area contributed by atoms with Crippen molar-refractivity contribution in [1.82, 2.24) is 10.4 Å². The van der Waals surface area contributed by atoms with Crippen LogP contribution >= 0.6 is 0 Å². The molecule has 2 N–H and O–H groups in total. The van der Waals surface area contributed by atoms with Crippen LogP contribution in [0.3, 0.4) is 0 Å². The molecule has 1 aliphatic carbocycles. The summed E-state index contributed by atoms with van der Waals surface area (Å²) < 4.78 is 0. The van der Waals surface area contributed by atoms with Gasteiger partial charge in [-0.05, 0) is 32.1 Å². The molecule has 3 heteroatoms. The van der Waals surface area contributed by atoms with Crippen molar-refractivity contribution >= 4 is 0 Å². The smallest absolute Gasteiger partial charge is 0.0706 e. The molecule has 0 aromatic carbocycles. The Hall–Kier alpha value is -0.120. The number of nitrogens with one attached hydrogen (secondary N) is 1. The maximum Gasteiger partial charge on any atom is 0.0706 e. The summed E-state index contributed by atoms with van der Waals surface area (Å²) in [5.41, 5.74) is 3.45. The van der Waals surface area contributed by atoms with E-state index in [1.54, 1.807) is 0 Å². The molecule has 76 valence electrons. The van der Waals surface area contributed by atoms with E-state index in [4.69, 9.17) is 0 Å². The highest BCUT2D eigenvalue weighted by molar-refractivity contribution is 4.82. The van der Waals surface area contributed by atoms with Gasteiger partial charge in [0.15, 0.2) is 0 Å². The second-order valence-electron chi connectivity index (χ2n) is 4.28. The Bertz CT molecular complexity index is 157. The molecule has 2 aliphatic rings. The molecule has 0 amide bonds. The van der Waals surface area contributed by atoms with Gasteiger partial charge in [-0.2, -0.15) is 0 Å². The van der Waals surface area contributed by atoms with Crippen LogP contribution in [-0.4, -0.2) is 35.4 Å². The van der Waals surface area contributed by atoms with Crippen molar-refractivity contribution in [2.24, 2.45) is 0 Å². The average Bonchev–Trinajstić information content (AvgIpc) is 2.54. The van der Waals surface area contributed by atoms with E-state index in [9.17, 15) is 5.11 Å². The normalized spacial score (nSPS) is 36.7. The van der Waals surface area contributed by atoms with Gasteiger partial charge >= 0.3 is 0 Å². The molecular weight excluding hydrogens is 164 g/mol. The summed E-state index contributed by atoms with van der Waals surface area (Å²) in [4.78, 5) is 0. The molecule has 2 atom stereocenters. The van der Waals surface area contributed by atoms with Crippen molar-refractivity contribution in [3.05, 3.63) is 0 Å². The third kappa shape index (κ3) is 2.42. The number of hydrazine groups is 1. The fourth-order valence-electron chi connectivity index (χ4n) is 2.35. The van der Waals surface area contributed by atoms with Gasteiger partial charge in [-0.3, -0.25) is 0 Å². The summed E-state index contributed by atoms with van der Waals surface area (Å²) in [6, 6.07) is 0.332. The van der Waals surface area contributed by atoms with E-state index in [0.717, 1.165) is 25.9 Å². The minimum Gasteiger partial charge on any atom is -0.391 e. The van der Waals surface area contributed by atoms with Crippen LogP contribution in [-0.2, 0) is 0 Å². The van der Waals surface area contributed by atoms with E-state index in [2.05, 4.69) is 10.4 Å². The molecule has 1 heterocycles. The van der Waals surface area contributed by atoms with Gasteiger partial charge in [-0.15, -0.1) is 0 Å². The first kappa shape index (κ1) is 9.44. The Labute approximate surface area is 80.1 Å². The molecule has 0 unspecified atom stereocenters. The number of nitrogens with zero attached hydrogens (tertiary/aromatic N) is 1. The van der Waals surface area contributed by atoms with Gasteiger partial charge in [-0.25, -0.2) is 10.4 Å². The van der Waals surface area contributed by atoms with Crippen LogP contribution in [0.5, 0.6) is 0 Å². The number of aliphatic hydroxyl groups is 1. The Morgan fingerprint density at radius 2 is 1.77 bits per heavy atom. The molecule has 13 heavy (non-hydrogen) atoms. The van der Waals surface area contributed by atoms with Gasteiger partial charge in [0.1, 0.15) is 0 Å². The third-order valence-electron chi connectivity index (χ3n) is 3.18. The fraction of sp³-hybridized carbons (Fsp3) is 1.00. The lowest BCUT2D eigenvalue weighted by Gasteiger charge is -2.31. The van der Waals surface area contributed by atoms with Crippen LogP contribution in [0.15, 0.2) is 0 Å². The van der Waals surface area contributed by atoms with Crippen molar-refractivity contribution in [2.45, 2.75) is 50.7 Å².